The molecule has 2 aromatic carbocycles. The summed E-state index contributed by atoms with van der Waals surface area (Å²) in [6.45, 7) is 6.13. The molecule has 31 heavy (non-hydrogen) atoms. The fraction of sp³-hybridized carbons (Fsp3) is 0.440. The van der Waals surface area contributed by atoms with Gasteiger partial charge >= 0.3 is 5.97 Å². The highest BCUT2D eigenvalue weighted by Crippen LogP contribution is 2.25. The average molecular weight is 425 g/mol. The van der Waals surface area contributed by atoms with E-state index in [1.165, 1.54) is 12.3 Å². The zero-order valence-corrected chi connectivity index (χ0v) is 18.4. The van der Waals surface area contributed by atoms with Gasteiger partial charge in [-0.25, -0.2) is 4.79 Å². The van der Waals surface area contributed by atoms with Gasteiger partial charge in [-0.3, -0.25) is 4.79 Å². The van der Waals surface area contributed by atoms with E-state index in [0.717, 1.165) is 23.8 Å². The lowest BCUT2D eigenvalue weighted by atomic mass is 9.87. The van der Waals surface area contributed by atoms with Crippen molar-refractivity contribution in [3.8, 4) is 0 Å². The number of hydrogen-bond donors (Lipinski definition) is 3. The molecule has 0 saturated heterocycles. The SMILES string of the molecule is CCC(CC)OC1C=C(C(=O)O)C[C@H](NCc2ccc3ccccc3c2)[C@H]1NC(C)=O. The number of benzene rings is 2. The van der Waals surface area contributed by atoms with E-state index in [9.17, 15) is 14.7 Å². The van der Waals surface area contributed by atoms with Gasteiger partial charge in [0.2, 0.25) is 5.91 Å². The van der Waals surface area contributed by atoms with Crippen LogP contribution >= 0.6 is 0 Å². The number of carboxylic acid groups (broad SMARTS) is 1. The number of carbonyl (C=O) groups is 2. The quantitative estimate of drug-likeness (QED) is 0.570. The summed E-state index contributed by atoms with van der Waals surface area (Å²) in [5.41, 5.74) is 1.41. The standard InChI is InChI=1S/C25H32N2O4/c1-4-21(5-2)31-23-14-20(25(29)30)13-22(24(23)27-16(3)28)26-15-17-10-11-18-8-6-7-9-19(18)12-17/h6-12,14,21-24,26H,4-5,13,15H2,1-3H3,(H,27,28)(H,29,30)/t22-,23?,24+/m0/s1. The maximum Gasteiger partial charge on any atom is 0.331 e. The molecule has 3 rings (SSSR count). The summed E-state index contributed by atoms with van der Waals surface area (Å²) in [6, 6.07) is 13.8. The molecule has 3 N–H and O–H groups in total. The van der Waals surface area contributed by atoms with Crippen LogP contribution in [0.5, 0.6) is 0 Å². The van der Waals surface area contributed by atoms with Crippen LogP contribution in [0.4, 0.5) is 0 Å². The Labute approximate surface area is 183 Å². The van der Waals surface area contributed by atoms with Crippen LogP contribution < -0.4 is 10.6 Å². The molecule has 0 aromatic heterocycles. The van der Waals surface area contributed by atoms with Crippen molar-refractivity contribution in [2.45, 2.75) is 70.9 Å². The predicted molar refractivity (Wildman–Crippen MR) is 122 cm³/mol. The molecule has 0 heterocycles. The number of aliphatic carboxylic acids is 1. The van der Waals surface area contributed by atoms with Crippen molar-refractivity contribution >= 4 is 22.6 Å². The molecule has 166 valence electrons. The largest absolute Gasteiger partial charge is 0.478 e. The fourth-order valence-corrected chi connectivity index (χ4v) is 4.16. The van der Waals surface area contributed by atoms with Crippen LogP contribution in [-0.4, -0.2) is 41.3 Å². The first-order chi connectivity index (χ1) is 14.9. The molecule has 2 aromatic rings. The molecule has 3 atom stereocenters. The molecule has 6 nitrogen and oxygen atoms in total. The smallest absolute Gasteiger partial charge is 0.331 e. The molecule has 0 fully saturated rings. The third-order valence-electron chi connectivity index (χ3n) is 5.88. The number of fused-ring (bicyclic) bond motifs is 1. The summed E-state index contributed by atoms with van der Waals surface area (Å²) < 4.78 is 6.23. The molecule has 0 radical (unpaired) electrons. The first-order valence-electron chi connectivity index (χ1n) is 11.0. The predicted octanol–water partition coefficient (Wildman–Crippen LogP) is 3.79. The number of amides is 1. The van der Waals surface area contributed by atoms with Crippen LogP contribution in [0.3, 0.4) is 0 Å². The summed E-state index contributed by atoms with van der Waals surface area (Å²) in [5.74, 6) is -1.11. The summed E-state index contributed by atoms with van der Waals surface area (Å²) in [4.78, 5) is 23.7. The van der Waals surface area contributed by atoms with Crippen molar-refractivity contribution in [1.82, 2.24) is 10.6 Å². The van der Waals surface area contributed by atoms with Crippen molar-refractivity contribution in [3.63, 3.8) is 0 Å². The summed E-state index contributed by atoms with van der Waals surface area (Å²) in [7, 11) is 0. The van der Waals surface area contributed by atoms with Gasteiger partial charge in [0.15, 0.2) is 0 Å². The molecule has 1 amide bonds. The second-order valence-electron chi connectivity index (χ2n) is 8.14. The second-order valence-corrected chi connectivity index (χ2v) is 8.14. The molecule has 1 aliphatic carbocycles. The summed E-state index contributed by atoms with van der Waals surface area (Å²) in [6.07, 6.45) is 3.14. The van der Waals surface area contributed by atoms with E-state index in [-0.39, 0.29) is 24.1 Å². The topological polar surface area (TPSA) is 87.7 Å². The Morgan fingerprint density at radius 2 is 1.84 bits per heavy atom. The molecule has 0 saturated carbocycles. The van der Waals surface area contributed by atoms with Gasteiger partial charge < -0.3 is 20.5 Å². The van der Waals surface area contributed by atoms with Gasteiger partial charge in [0, 0.05) is 25.1 Å². The van der Waals surface area contributed by atoms with Gasteiger partial charge in [-0.1, -0.05) is 50.2 Å². The number of carboxylic acids is 1. The van der Waals surface area contributed by atoms with Gasteiger partial charge in [0.1, 0.15) is 0 Å². The van der Waals surface area contributed by atoms with Crippen molar-refractivity contribution in [1.29, 1.82) is 0 Å². The van der Waals surface area contributed by atoms with Gasteiger partial charge in [0.05, 0.1) is 18.2 Å². The van der Waals surface area contributed by atoms with Gasteiger partial charge in [-0.15, -0.1) is 0 Å². The highest BCUT2D eigenvalue weighted by molar-refractivity contribution is 5.87. The van der Waals surface area contributed by atoms with Crippen molar-refractivity contribution in [2.24, 2.45) is 0 Å². The minimum Gasteiger partial charge on any atom is -0.478 e. The summed E-state index contributed by atoms with van der Waals surface area (Å²) >= 11 is 0. The first kappa shape index (κ1) is 23.0. The Hall–Kier alpha value is -2.70. The molecule has 6 heteroatoms. The zero-order chi connectivity index (χ0) is 22.4. The lowest BCUT2D eigenvalue weighted by molar-refractivity contribution is -0.133. The normalized spacial score (nSPS) is 21.2. The molecule has 1 aliphatic rings. The molecule has 1 unspecified atom stereocenters. The van der Waals surface area contributed by atoms with E-state index in [2.05, 4.69) is 41.0 Å². The number of rotatable bonds is 9. The minimum atomic E-state index is -0.947. The molecule has 0 spiro atoms. The Morgan fingerprint density at radius 3 is 2.48 bits per heavy atom. The fourth-order valence-electron chi connectivity index (χ4n) is 4.16. The zero-order valence-electron chi connectivity index (χ0n) is 18.4. The number of hydrogen-bond acceptors (Lipinski definition) is 4. The van der Waals surface area contributed by atoms with Gasteiger partial charge in [-0.05, 0) is 47.7 Å². The van der Waals surface area contributed by atoms with E-state index >= 15 is 0 Å². The van der Waals surface area contributed by atoms with Crippen LogP contribution in [0, 0.1) is 0 Å². The summed E-state index contributed by atoms with van der Waals surface area (Å²) in [5, 5.41) is 18.5. The number of nitrogens with one attached hydrogen (secondary N) is 2. The Kier molecular flexibility index (Phi) is 7.82. The Bertz CT molecular complexity index is 951. The van der Waals surface area contributed by atoms with Crippen LogP contribution in [-0.2, 0) is 20.9 Å². The second kappa shape index (κ2) is 10.6. The molecule has 0 aliphatic heterocycles. The average Bonchev–Trinajstić information content (AvgIpc) is 2.76. The number of carbonyl (C=O) groups excluding carboxylic acids is 1. The Morgan fingerprint density at radius 1 is 1.13 bits per heavy atom. The number of ether oxygens (including phenoxy) is 1. The van der Waals surface area contributed by atoms with Crippen molar-refractivity contribution in [3.05, 3.63) is 59.7 Å². The molecular formula is C25H32N2O4. The highest BCUT2D eigenvalue weighted by Gasteiger charge is 2.37. The van der Waals surface area contributed by atoms with Crippen LogP contribution in [0.15, 0.2) is 54.1 Å². The third-order valence-corrected chi connectivity index (χ3v) is 5.88. The van der Waals surface area contributed by atoms with Crippen LogP contribution in [0.2, 0.25) is 0 Å². The van der Waals surface area contributed by atoms with E-state index in [0.29, 0.717) is 18.5 Å². The highest BCUT2D eigenvalue weighted by atomic mass is 16.5. The molecular weight excluding hydrogens is 392 g/mol. The van der Waals surface area contributed by atoms with E-state index in [1.807, 2.05) is 26.0 Å². The van der Waals surface area contributed by atoms with E-state index in [4.69, 9.17) is 4.74 Å². The lowest BCUT2D eigenvalue weighted by Gasteiger charge is -2.38. The molecule has 0 bridgehead atoms. The van der Waals surface area contributed by atoms with E-state index in [1.54, 1.807) is 6.08 Å². The minimum absolute atomic E-state index is 0.00629. The maximum atomic E-state index is 11.9. The van der Waals surface area contributed by atoms with Crippen molar-refractivity contribution in [2.75, 3.05) is 0 Å². The van der Waals surface area contributed by atoms with Gasteiger partial charge in [0.25, 0.3) is 0 Å². The van der Waals surface area contributed by atoms with Gasteiger partial charge in [-0.2, -0.15) is 0 Å². The third kappa shape index (κ3) is 5.93. The van der Waals surface area contributed by atoms with Crippen LogP contribution in [0.25, 0.3) is 10.8 Å². The lowest BCUT2D eigenvalue weighted by Crippen LogP contribution is -2.58. The maximum absolute atomic E-state index is 11.9. The monoisotopic (exact) mass is 424 g/mol. The van der Waals surface area contributed by atoms with Crippen molar-refractivity contribution < 1.29 is 19.4 Å². The first-order valence-corrected chi connectivity index (χ1v) is 11.0. The van der Waals surface area contributed by atoms with Crippen LogP contribution in [0.1, 0.15) is 45.6 Å². The van der Waals surface area contributed by atoms with E-state index < -0.39 is 12.1 Å². The Balaban J connectivity index is 1.82.